The fourth-order valence-electron chi connectivity index (χ4n) is 2.63. The Balaban J connectivity index is 1.81. The van der Waals surface area contributed by atoms with Crippen molar-refractivity contribution in [2.24, 2.45) is 0 Å². The molecule has 0 amide bonds. The van der Waals surface area contributed by atoms with Gasteiger partial charge < -0.3 is 14.7 Å². The number of ether oxygens (including phenoxy) is 1. The number of hydrogen-bond donors (Lipinski definition) is 1. The van der Waals surface area contributed by atoms with Crippen LogP contribution in [0.25, 0.3) is 0 Å². The van der Waals surface area contributed by atoms with E-state index < -0.39 is 0 Å². The number of nitrogens with zero attached hydrogens (tertiary/aromatic N) is 1. The molecular formula is C11H21NO2. The maximum Gasteiger partial charge on any atom is 0.0706 e. The SMILES string of the molecule is OCCN1CCC2(CCCCO2)CC1. The van der Waals surface area contributed by atoms with Crippen LogP contribution in [-0.2, 0) is 4.74 Å². The molecule has 0 aromatic heterocycles. The highest BCUT2D eigenvalue weighted by atomic mass is 16.5. The summed E-state index contributed by atoms with van der Waals surface area (Å²) in [5, 5.41) is 8.85. The van der Waals surface area contributed by atoms with E-state index in [1.807, 2.05) is 0 Å². The first-order chi connectivity index (χ1) is 6.85. The summed E-state index contributed by atoms with van der Waals surface area (Å²) in [5.74, 6) is 0. The van der Waals surface area contributed by atoms with Crippen molar-refractivity contribution in [1.82, 2.24) is 4.90 Å². The van der Waals surface area contributed by atoms with Crippen LogP contribution in [0, 0.1) is 0 Å². The Labute approximate surface area is 86.0 Å². The molecule has 2 fully saturated rings. The first-order valence-electron chi connectivity index (χ1n) is 5.82. The summed E-state index contributed by atoms with van der Waals surface area (Å²) < 4.78 is 5.94. The molecule has 2 aliphatic rings. The first-order valence-corrected chi connectivity index (χ1v) is 5.82. The molecule has 3 nitrogen and oxygen atoms in total. The normalized spacial score (nSPS) is 28.1. The second kappa shape index (κ2) is 4.60. The summed E-state index contributed by atoms with van der Waals surface area (Å²) in [7, 11) is 0. The molecule has 0 aromatic carbocycles. The predicted molar refractivity (Wildman–Crippen MR) is 55.3 cm³/mol. The lowest BCUT2D eigenvalue weighted by atomic mass is 9.84. The molecule has 3 heteroatoms. The van der Waals surface area contributed by atoms with Crippen LogP contribution < -0.4 is 0 Å². The van der Waals surface area contributed by atoms with Crippen molar-refractivity contribution in [1.29, 1.82) is 0 Å². The Morgan fingerprint density at radius 1 is 1.14 bits per heavy atom. The molecule has 14 heavy (non-hydrogen) atoms. The van der Waals surface area contributed by atoms with Gasteiger partial charge in [-0.1, -0.05) is 0 Å². The predicted octanol–water partition coefficient (Wildman–Crippen LogP) is 1.01. The van der Waals surface area contributed by atoms with Gasteiger partial charge in [0.1, 0.15) is 0 Å². The Morgan fingerprint density at radius 2 is 1.93 bits per heavy atom. The molecule has 0 saturated carbocycles. The lowest BCUT2D eigenvalue weighted by Crippen LogP contribution is -2.48. The standard InChI is InChI=1S/C11H21NO2/c13-9-8-12-6-4-11(5-7-12)3-1-2-10-14-11/h13H,1-10H2. The van der Waals surface area contributed by atoms with Gasteiger partial charge >= 0.3 is 0 Å². The summed E-state index contributed by atoms with van der Waals surface area (Å²) in [5.41, 5.74) is 0.213. The van der Waals surface area contributed by atoms with E-state index >= 15 is 0 Å². The largest absolute Gasteiger partial charge is 0.395 e. The highest BCUT2D eigenvalue weighted by Gasteiger charge is 2.36. The maximum atomic E-state index is 8.85. The summed E-state index contributed by atoms with van der Waals surface area (Å²) in [4.78, 5) is 2.34. The number of hydrogen-bond acceptors (Lipinski definition) is 3. The Kier molecular flexibility index (Phi) is 3.42. The van der Waals surface area contributed by atoms with Crippen LogP contribution in [0.2, 0.25) is 0 Å². The van der Waals surface area contributed by atoms with Gasteiger partial charge in [-0.2, -0.15) is 0 Å². The maximum absolute atomic E-state index is 8.85. The summed E-state index contributed by atoms with van der Waals surface area (Å²) in [6, 6.07) is 0. The lowest BCUT2D eigenvalue weighted by Gasteiger charge is -2.43. The number of piperidine rings is 1. The average Bonchev–Trinajstić information content (AvgIpc) is 2.24. The van der Waals surface area contributed by atoms with Gasteiger partial charge in [0, 0.05) is 26.2 Å². The minimum absolute atomic E-state index is 0.213. The number of rotatable bonds is 2. The molecule has 1 spiro atoms. The van der Waals surface area contributed by atoms with Gasteiger partial charge in [0.25, 0.3) is 0 Å². The summed E-state index contributed by atoms with van der Waals surface area (Å²) >= 11 is 0. The fourth-order valence-corrected chi connectivity index (χ4v) is 2.63. The Morgan fingerprint density at radius 3 is 2.50 bits per heavy atom. The number of β-amino-alcohol motifs (C(OH)–C–C–N with tert-alkyl or cyclic N) is 1. The monoisotopic (exact) mass is 199 g/mol. The molecule has 2 aliphatic heterocycles. The van der Waals surface area contributed by atoms with E-state index in [1.165, 1.54) is 19.3 Å². The van der Waals surface area contributed by atoms with Crippen molar-refractivity contribution in [3.05, 3.63) is 0 Å². The van der Waals surface area contributed by atoms with E-state index in [-0.39, 0.29) is 12.2 Å². The van der Waals surface area contributed by atoms with Gasteiger partial charge in [-0.3, -0.25) is 0 Å². The van der Waals surface area contributed by atoms with Crippen molar-refractivity contribution in [3.63, 3.8) is 0 Å². The van der Waals surface area contributed by atoms with Crippen molar-refractivity contribution < 1.29 is 9.84 Å². The zero-order valence-corrected chi connectivity index (χ0v) is 8.87. The Hall–Kier alpha value is -0.120. The number of aliphatic hydroxyl groups is 1. The van der Waals surface area contributed by atoms with E-state index in [1.54, 1.807) is 0 Å². The van der Waals surface area contributed by atoms with Crippen molar-refractivity contribution in [2.75, 3.05) is 32.8 Å². The molecule has 0 atom stereocenters. The summed E-state index contributed by atoms with van der Waals surface area (Å²) in [6.45, 7) is 4.27. The minimum Gasteiger partial charge on any atom is -0.395 e. The molecule has 0 aliphatic carbocycles. The molecule has 2 saturated heterocycles. The van der Waals surface area contributed by atoms with Crippen LogP contribution in [0.4, 0.5) is 0 Å². The van der Waals surface area contributed by atoms with E-state index in [0.717, 1.165) is 39.1 Å². The van der Waals surface area contributed by atoms with Crippen LogP contribution in [0.15, 0.2) is 0 Å². The molecule has 0 radical (unpaired) electrons. The van der Waals surface area contributed by atoms with Gasteiger partial charge in [0.15, 0.2) is 0 Å². The molecule has 0 unspecified atom stereocenters. The van der Waals surface area contributed by atoms with Crippen LogP contribution >= 0.6 is 0 Å². The van der Waals surface area contributed by atoms with Gasteiger partial charge in [-0.05, 0) is 32.1 Å². The molecular weight excluding hydrogens is 178 g/mol. The first kappa shape index (κ1) is 10.4. The molecule has 0 aromatic rings. The third kappa shape index (κ3) is 2.27. The quantitative estimate of drug-likeness (QED) is 0.720. The lowest BCUT2D eigenvalue weighted by molar-refractivity contribution is -0.111. The second-order valence-electron chi connectivity index (χ2n) is 4.55. The van der Waals surface area contributed by atoms with Crippen LogP contribution in [0.3, 0.4) is 0 Å². The highest BCUT2D eigenvalue weighted by Crippen LogP contribution is 2.34. The van der Waals surface area contributed by atoms with Crippen molar-refractivity contribution in [3.8, 4) is 0 Å². The average molecular weight is 199 g/mol. The van der Waals surface area contributed by atoms with Crippen LogP contribution in [0.1, 0.15) is 32.1 Å². The summed E-state index contributed by atoms with van der Waals surface area (Å²) in [6.07, 6.45) is 6.14. The zero-order valence-electron chi connectivity index (χ0n) is 8.87. The molecule has 2 heterocycles. The molecule has 82 valence electrons. The number of likely N-dealkylation sites (tertiary alicyclic amines) is 1. The van der Waals surface area contributed by atoms with Gasteiger partial charge in [0.2, 0.25) is 0 Å². The minimum atomic E-state index is 0.213. The Bertz CT molecular complexity index is 168. The fraction of sp³-hybridized carbons (Fsp3) is 1.00. The van der Waals surface area contributed by atoms with Crippen molar-refractivity contribution >= 4 is 0 Å². The second-order valence-corrected chi connectivity index (χ2v) is 4.55. The van der Waals surface area contributed by atoms with E-state index in [4.69, 9.17) is 9.84 Å². The molecule has 1 N–H and O–H groups in total. The van der Waals surface area contributed by atoms with Crippen LogP contribution in [0.5, 0.6) is 0 Å². The van der Waals surface area contributed by atoms with E-state index in [2.05, 4.69) is 4.90 Å². The molecule has 0 bridgehead atoms. The molecule has 2 rings (SSSR count). The van der Waals surface area contributed by atoms with Crippen LogP contribution in [-0.4, -0.2) is 48.5 Å². The van der Waals surface area contributed by atoms with Gasteiger partial charge in [-0.15, -0.1) is 0 Å². The third-order valence-corrected chi connectivity index (χ3v) is 3.62. The highest BCUT2D eigenvalue weighted by molar-refractivity contribution is 4.89. The third-order valence-electron chi connectivity index (χ3n) is 3.62. The topological polar surface area (TPSA) is 32.7 Å². The van der Waals surface area contributed by atoms with E-state index in [0.29, 0.717) is 0 Å². The van der Waals surface area contributed by atoms with Gasteiger partial charge in [0.05, 0.1) is 12.2 Å². The smallest absolute Gasteiger partial charge is 0.0706 e. The van der Waals surface area contributed by atoms with E-state index in [9.17, 15) is 0 Å². The number of aliphatic hydroxyl groups excluding tert-OH is 1. The van der Waals surface area contributed by atoms with Crippen molar-refractivity contribution in [2.45, 2.75) is 37.7 Å². The van der Waals surface area contributed by atoms with Gasteiger partial charge in [-0.25, -0.2) is 0 Å². The zero-order chi connectivity index (χ0) is 9.86.